The molecule has 0 saturated heterocycles. The van der Waals surface area contributed by atoms with Gasteiger partial charge in [0.25, 0.3) is 0 Å². The molecule has 4 rings (SSSR count). The molecule has 0 nitrogen and oxygen atoms in total. The Hall–Kier alpha value is -2.69. The summed E-state index contributed by atoms with van der Waals surface area (Å²) < 4.78 is 0. The Morgan fingerprint density at radius 2 is 0.692 bits per heavy atom. The van der Waals surface area contributed by atoms with Gasteiger partial charge in [-0.3, -0.25) is 0 Å². The number of rotatable bonds is 4. The lowest BCUT2D eigenvalue weighted by atomic mass is 10.2. The third-order valence-electron chi connectivity index (χ3n) is 4.85. The van der Waals surface area contributed by atoms with Crippen molar-refractivity contribution in [3.05, 3.63) is 121 Å². The zero-order valence-electron chi connectivity index (χ0n) is 14.9. The van der Waals surface area contributed by atoms with E-state index in [1.807, 2.05) is 0 Å². The van der Waals surface area contributed by atoms with Crippen LogP contribution in [0.5, 0.6) is 0 Å². The maximum atomic E-state index is 2.32. The minimum Gasteiger partial charge on any atom is -0.0620 e. The molecule has 126 valence electrons. The highest BCUT2D eigenvalue weighted by molar-refractivity contribution is 8.01. The van der Waals surface area contributed by atoms with E-state index >= 15 is 0 Å². The lowest BCUT2D eigenvalue weighted by Crippen LogP contribution is -2.38. The van der Waals surface area contributed by atoms with Gasteiger partial charge in [-0.15, -0.1) is 0 Å². The van der Waals surface area contributed by atoms with Gasteiger partial charge in [0.1, 0.15) is 28.5 Å². The Labute approximate surface area is 156 Å². The number of hydrogen-bond acceptors (Lipinski definition) is 0. The average Bonchev–Trinajstić information content (AvgIpc) is 2.72. The van der Waals surface area contributed by atoms with Gasteiger partial charge in [0, 0.05) is 0 Å². The fourth-order valence-electron chi connectivity index (χ4n) is 3.62. The van der Waals surface area contributed by atoms with Gasteiger partial charge >= 0.3 is 0 Å². The molecule has 0 amide bonds. The van der Waals surface area contributed by atoms with Crippen LogP contribution in [0, 0.1) is 6.92 Å². The van der Waals surface area contributed by atoms with E-state index in [2.05, 4.69) is 122 Å². The first-order valence-electron chi connectivity index (χ1n) is 8.95. The van der Waals surface area contributed by atoms with E-state index in [1.165, 1.54) is 26.8 Å². The van der Waals surface area contributed by atoms with Crippen LogP contribution in [-0.4, -0.2) is 0 Å². The van der Waals surface area contributed by atoms with Crippen LogP contribution < -0.4 is 21.2 Å². The van der Waals surface area contributed by atoms with Gasteiger partial charge in [0.2, 0.25) is 0 Å². The van der Waals surface area contributed by atoms with Crippen molar-refractivity contribution in [2.75, 3.05) is 0 Å². The second-order valence-electron chi connectivity index (χ2n) is 6.51. The Balaban J connectivity index is 2.12. The predicted octanol–water partition coefficient (Wildman–Crippen LogP) is 4.61. The molecule has 0 atom stereocenters. The van der Waals surface area contributed by atoms with Gasteiger partial charge in [-0.05, 0) is 55.5 Å². The second-order valence-corrected chi connectivity index (χ2v) is 9.92. The quantitative estimate of drug-likeness (QED) is 0.470. The molecule has 0 unspecified atom stereocenters. The van der Waals surface area contributed by atoms with Crippen LogP contribution in [0.4, 0.5) is 0 Å². The third-order valence-corrected chi connectivity index (χ3v) is 9.14. The highest BCUT2D eigenvalue weighted by Gasteiger charge is 2.47. The Morgan fingerprint density at radius 3 is 1.04 bits per heavy atom. The molecule has 0 aliphatic rings. The van der Waals surface area contributed by atoms with E-state index in [9.17, 15) is 0 Å². The summed E-state index contributed by atoms with van der Waals surface area (Å²) in [6.07, 6.45) is 0. The maximum Gasteiger partial charge on any atom is 0.144 e. The van der Waals surface area contributed by atoms with Crippen molar-refractivity contribution < 1.29 is 0 Å². The SMILES string of the molecule is Cc1ccc([P+](c2ccccc2)(c2ccccc2)c2ccccc2)cc1. The minimum absolute atomic E-state index is 1.29. The maximum absolute atomic E-state index is 2.32. The predicted molar refractivity (Wildman–Crippen MR) is 116 cm³/mol. The van der Waals surface area contributed by atoms with Crippen molar-refractivity contribution in [1.29, 1.82) is 0 Å². The van der Waals surface area contributed by atoms with Crippen molar-refractivity contribution in [1.82, 2.24) is 0 Å². The molecule has 1 heteroatoms. The first kappa shape index (κ1) is 16.8. The lowest BCUT2D eigenvalue weighted by molar-refractivity contribution is 1.49. The fourth-order valence-corrected chi connectivity index (χ4v) is 7.86. The van der Waals surface area contributed by atoms with Crippen molar-refractivity contribution in [2.24, 2.45) is 0 Å². The molecular formula is C25H22P+. The molecule has 0 N–H and O–H groups in total. The van der Waals surface area contributed by atoms with E-state index in [0.29, 0.717) is 0 Å². The highest BCUT2D eigenvalue weighted by Crippen LogP contribution is 2.54. The van der Waals surface area contributed by atoms with E-state index in [1.54, 1.807) is 0 Å². The molecular weight excluding hydrogens is 331 g/mol. The molecule has 0 radical (unpaired) electrons. The van der Waals surface area contributed by atoms with Crippen LogP contribution in [0.3, 0.4) is 0 Å². The average molecular weight is 353 g/mol. The van der Waals surface area contributed by atoms with Gasteiger partial charge in [0.15, 0.2) is 0 Å². The van der Waals surface area contributed by atoms with Gasteiger partial charge in [-0.2, -0.15) is 0 Å². The van der Waals surface area contributed by atoms with Crippen LogP contribution in [0.25, 0.3) is 0 Å². The summed E-state index contributed by atoms with van der Waals surface area (Å²) in [5.41, 5.74) is 1.29. The molecule has 26 heavy (non-hydrogen) atoms. The topological polar surface area (TPSA) is 0 Å². The summed E-state index contributed by atoms with van der Waals surface area (Å²) in [6.45, 7) is 2.15. The number of benzene rings is 4. The summed E-state index contributed by atoms with van der Waals surface area (Å²) in [5, 5.41) is 5.57. The van der Waals surface area contributed by atoms with E-state index in [-0.39, 0.29) is 0 Å². The first-order chi connectivity index (χ1) is 12.8. The lowest BCUT2D eigenvalue weighted by Gasteiger charge is -2.27. The fraction of sp³-hybridized carbons (Fsp3) is 0.0400. The first-order valence-corrected chi connectivity index (χ1v) is 10.7. The number of aryl methyl sites for hydroxylation is 1. The van der Waals surface area contributed by atoms with Gasteiger partial charge in [-0.25, -0.2) is 0 Å². The summed E-state index contributed by atoms with van der Waals surface area (Å²) in [6, 6.07) is 42.1. The van der Waals surface area contributed by atoms with Crippen molar-refractivity contribution in [2.45, 2.75) is 6.92 Å². The number of hydrogen-bond donors (Lipinski definition) is 0. The van der Waals surface area contributed by atoms with Crippen LogP contribution in [0.2, 0.25) is 0 Å². The normalized spacial score (nSPS) is 11.3. The Bertz CT molecular complexity index is 862. The van der Waals surface area contributed by atoms with Gasteiger partial charge in [0.05, 0.1) is 0 Å². The van der Waals surface area contributed by atoms with Crippen molar-refractivity contribution in [3.63, 3.8) is 0 Å². The largest absolute Gasteiger partial charge is 0.144 e. The molecule has 0 aliphatic heterocycles. The summed E-state index contributed by atoms with van der Waals surface area (Å²) >= 11 is 0. The van der Waals surface area contributed by atoms with Crippen LogP contribution in [-0.2, 0) is 0 Å². The molecule has 4 aromatic rings. The standard InChI is InChI=1S/C25H22P/c1-21-17-19-25(20-18-21)26(22-11-5-2-6-12-22,23-13-7-3-8-14-23)24-15-9-4-10-16-24/h2-20H,1H3/q+1. The molecule has 0 aromatic heterocycles. The van der Waals surface area contributed by atoms with Gasteiger partial charge < -0.3 is 0 Å². The molecule has 0 spiro atoms. The molecule has 0 fully saturated rings. The van der Waals surface area contributed by atoms with E-state index in [0.717, 1.165) is 0 Å². The Kier molecular flexibility index (Phi) is 4.69. The van der Waals surface area contributed by atoms with E-state index < -0.39 is 7.26 Å². The molecule has 4 aromatic carbocycles. The third kappa shape index (κ3) is 2.87. The summed E-state index contributed by atoms with van der Waals surface area (Å²) in [4.78, 5) is 0. The van der Waals surface area contributed by atoms with Crippen LogP contribution in [0.15, 0.2) is 115 Å². The molecule has 0 bridgehead atoms. The smallest absolute Gasteiger partial charge is 0.0620 e. The monoisotopic (exact) mass is 353 g/mol. The van der Waals surface area contributed by atoms with Crippen molar-refractivity contribution in [3.8, 4) is 0 Å². The summed E-state index contributed by atoms with van der Waals surface area (Å²) in [5.74, 6) is 0. The zero-order chi connectivity index (χ0) is 17.8. The molecule has 0 aliphatic carbocycles. The zero-order valence-corrected chi connectivity index (χ0v) is 15.8. The van der Waals surface area contributed by atoms with Gasteiger partial charge in [-0.1, -0.05) is 72.3 Å². The second kappa shape index (κ2) is 7.28. The molecule has 0 heterocycles. The van der Waals surface area contributed by atoms with Crippen LogP contribution in [0.1, 0.15) is 5.56 Å². The Morgan fingerprint density at radius 1 is 0.385 bits per heavy atom. The van der Waals surface area contributed by atoms with Crippen molar-refractivity contribution >= 4 is 28.5 Å². The van der Waals surface area contributed by atoms with Crippen LogP contribution >= 0.6 is 7.26 Å². The minimum atomic E-state index is -1.93. The molecule has 0 saturated carbocycles. The highest BCUT2D eigenvalue weighted by atomic mass is 31.2. The summed E-state index contributed by atoms with van der Waals surface area (Å²) in [7, 11) is -1.93. The van der Waals surface area contributed by atoms with E-state index in [4.69, 9.17) is 0 Å².